The topological polar surface area (TPSA) is 68.6 Å². The summed E-state index contributed by atoms with van der Waals surface area (Å²) >= 11 is 0. The summed E-state index contributed by atoms with van der Waals surface area (Å²) < 4.78 is 6.79. The van der Waals surface area contributed by atoms with Crippen LogP contribution in [0.25, 0.3) is 0 Å². The van der Waals surface area contributed by atoms with E-state index in [9.17, 15) is 14.4 Å². The summed E-state index contributed by atoms with van der Waals surface area (Å²) in [5.74, 6) is -0.689. The summed E-state index contributed by atoms with van der Waals surface area (Å²) in [5.41, 5.74) is 2.00. The van der Waals surface area contributed by atoms with Gasteiger partial charge in [-0.2, -0.15) is 0 Å². The number of esters is 1. The van der Waals surface area contributed by atoms with Gasteiger partial charge < -0.3 is 14.2 Å². The Morgan fingerprint density at radius 2 is 1.73 bits per heavy atom. The van der Waals surface area contributed by atoms with Crippen LogP contribution in [0.3, 0.4) is 0 Å². The number of Topliss-reactive ketones (excluding diaryl/α,β-unsaturated/α-hetero) is 1. The second kappa shape index (κ2) is 8.06. The van der Waals surface area contributed by atoms with E-state index in [1.807, 2.05) is 20.8 Å². The Hall–Kier alpha value is -2.11. The first kappa shape index (κ1) is 21.9. The Kier molecular flexibility index (Phi) is 6.80. The van der Waals surface area contributed by atoms with Gasteiger partial charge in [0.15, 0.2) is 5.78 Å². The molecule has 0 fully saturated rings. The molecule has 0 saturated carbocycles. The number of amides is 1. The molecule has 0 bridgehead atoms. The fraction of sp³-hybridized carbons (Fsp3) is 0.650. The van der Waals surface area contributed by atoms with E-state index in [0.29, 0.717) is 28.9 Å². The lowest BCUT2D eigenvalue weighted by Gasteiger charge is -2.27. The lowest BCUT2D eigenvalue weighted by Crippen LogP contribution is -2.42. The highest BCUT2D eigenvalue weighted by atomic mass is 16.5. The predicted octanol–water partition coefficient (Wildman–Crippen LogP) is 3.28. The molecule has 26 heavy (non-hydrogen) atoms. The van der Waals surface area contributed by atoms with E-state index in [1.54, 1.807) is 46.4 Å². The van der Waals surface area contributed by atoms with Gasteiger partial charge in [0.05, 0.1) is 12.6 Å². The maximum Gasteiger partial charge on any atom is 0.355 e. The van der Waals surface area contributed by atoms with Crippen LogP contribution in [0.15, 0.2) is 0 Å². The number of aromatic nitrogens is 1. The van der Waals surface area contributed by atoms with Crippen molar-refractivity contribution in [2.24, 2.45) is 12.5 Å². The smallest absolute Gasteiger partial charge is 0.355 e. The second-order valence-corrected chi connectivity index (χ2v) is 8.00. The van der Waals surface area contributed by atoms with E-state index < -0.39 is 12.0 Å². The first-order chi connectivity index (χ1) is 11.8. The fourth-order valence-electron chi connectivity index (χ4n) is 3.01. The molecule has 0 unspecified atom stereocenters. The number of likely N-dealkylation sites (N-methyl/N-ethyl adjacent to an activating group) is 1. The molecule has 0 aliphatic heterocycles. The van der Waals surface area contributed by atoms with E-state index in [0.717, 1.165) is 0 Å². The van der Waals surface area contributed by atoms with Gasteiger partial charge in [0.25, 0.3) is 0 Å². The van der Waals surface area contributed by atoms with Gasteiger partial charge >= 0.3 is 5.97 Å². The zero-order valence-corrected chi connectivity index (χ0v) is 17.5. The lowest BCUT2D eigenvalue weighted by atomic mass is 9.91. The molecule has 0 aromatic carbocycles. The Balaban J connectivity index is 3.19. The minimum atomic E-state index is -0.611. The number of ether oxygens (including phenoxy) is 1. The molecule has 6 heteroatoms. The summed E-state index contributed by atoms with van der Waals surface area (Å²) in [4.78, 5) is 39.3. The summed E-state index contributed by atoms with van der Waals surface area (Å²) in [6, 6.07) is -0.611. The summed E-state index contributed by atoms with van der Waals surface area (Å²) in [7, 11) is 3.39. The largest absolute Gasteiger partial charge is 0.461 e. The first-order valence-electron chi connectivity index (χ1n) is 8.96. The van der Waals surface area contributed by atoms with Crippen molar-refractivity contribution in [2.45, 2.75) is 60.9 Å². The number of rotatable bonds is 6. The fourth-order valence-corrected chi connectivity index (χ4v) is 3.01. The highest BCUT2D eigenvalue weighted by molar-refractivity contribution is 6.06. The van der Waals surface area contributed by atoms with Crippen LogP contribution in [-0.4, -0.2) is 46.8 Å². The van der Waals surface area contributed by atoms with Gasteiger partial charge in [0.2, 0.25) is 5.91 Å². The molecule has 0 radical (unpaired) electrons. The molecule has 1 heterocycles. The van der Waals surface area contributed by atoms with E-state index in [-0.39, 0.29) is 23.7 Å². The Labute approximate surface area is 156 Å². The van der Waals surface area contributed by atoms with E-state index in [2.05, 4.69) is 0 Å². The maximum absolute atomic E-state index is 13.1. The van der Waals surface area contributed by atoms with Crippen molar-refractivity contribution in [1.29, 1.82) is 0 Å². The van der Waals surface area contributed by atoms with Crippen LogP contribution in [-0.2, 0) is 16.6 Å². The van der Waals surface area contributed by atoms with Gasteiger partial charge in [-0.05, 0) is 38.7 Å². The average molecular weight is 364 g/mol. The molecular weight excluding hydrogens is 332 g/mol. The number of nitrogens with zero attached hydrogens (tertiary/aromatic N) is 2. The van der Waals surface area contributed by atoms with Crippen LogP contribution >= 0.6 is 0 Å². The quantitative estimate of drug-likeness (QED) is 0.574. The summed E-state index contributed by atoms with van der Waals surface area (Å²) in [5, 5.41) is 0. The van der Waals surface area contributed by atoms with Crippen LogP contribution in [0.2, 0.25) is 0 Å². The highest BCUT2D eigenvalue weighted by Gasteiger charge is 2.31. The first-order valence-corrected chi connectivity index (χ1v) is 8.96. The third-order valence-corrected chi connectivity index (χ3v) is 4.68. The average Bonchev–Trinajstić information content (AvgIpc) is 2.73. The highest BCUT2D eigenvalue weighted by Crippen LogP contribution is 2.25. The van der Waals surface area contributed by atoms with Gasteiger partial charge in [-0.15, -0.1) is 0 Å². The number of hydrogen-bond donors (Lipinski definition) is 0. The molecule has 146 valence electrons. The SMILES string of the molecule is CCOC(=O)c1c(C)c(C(=O)[C@H](C)N(C)C(=O)CC(C)(C)C)c(C)n1C. The molecule has 1 atom stereocenters. The van der Waals surface area contributed by atoms with Crippen molar-refractivity contribution in [3.63, 3.8) is 0 Å². The van der Waals surface area contributed by atoms with Crippen molar-refractivity contribution in [3.05, 3.63) is 22.5 Å². The van der Waals surface area contributed by atoms with Gasteiger partial charge in [-0.1, -0.05) is 20.8 Å². The zero-order chi connectivity index (χ0) is 20.4. The summed E-state index contributed by atoms with van der Waals surface area (Å²) in [6.45, 7) is 13.2. The van der Waals surface area contributed by atoms with Crippen molar-refractivity contribution >= 4 is 17.7 Å². The molecule has 1 amide bonds. The second-order valence-electron chi connectivity index (χ2n) is 8.00. The molecule has 0 N–H and O–H groups in total. The Bertz CT molecular complexity index is 710. The molecule has 6 nitrogen and oxygen atoms in total. The van der Waals surface area contributed by atoms with Gasteiger partial charge in [0, 0.05) is 31.8 Å². The molecule has 0 saturated heterocycles. The number of ketones is 1. The summed E-state index contributed by atoms with van der Waals surface area (Å²) in [6.07, 6.45) is 0.363. The molecule has 0 aliphatic rings. The number of carbonyl (C=O) groups excluding carboxylic acids is 3. The molecule has 0 spiro atoms. The lowest BCUT2D eigenvalue weighted by molar-refractivity contribution is -0.132. The van der Waals surface area contributed by atoms with Gasteiger partial charge in [0.1, 0.15) is 5.69 Å². The van der Waals surface area contributed by atoms with Crippen molar-refractivity contribution < 1.29 is 19.1 Å². The van der Waals surface area contributed by atoms with E-state index >= 15 is 0 Å². The normalized spacial score (nSPS) is 12.7. The minimum absolute atomic E-state index is 0.0739. The molecular formula is C20H32N2O4. The molecule has 1 aromatic rings. The van der Waals surface area contributed by atoms with Crippen LogP contribution < -0.4 is 0 Å². The van der Waals surface area contributed by atoms with Crippen LogP contribution in [0.5, 0.6) is 0 Å². The van der Waals surface area contributed by atoms with Crippen LogP contribution in [0.4, 0.5) is 0 Å². The number of carbonyl (C=O) groups is 3. The van der Waals surface area contributed by atoms with Crippen LogP contribution in [0, 0.1) is 19.3 Å². The van der Waals surface area contributed by atoms with Gasteiger partial charge in [-0.3, -0.25) is 9.59 Å². The maximum atomic E-state index is 13.1. The van der Waals surface area contributed by atoms with Crippen LogP contribution in [0.1, 0.15) is 73.1 Å². The van der Waals surface area contributed by atoms with E-state index in [4.69, 9.17) is 4.74 Å². The molecule has 1 aromatic heterocycles. The monoisotopic (exact) mass is 364 g/mol. The minimum Gasteiger partial charge on any atom is -0.461 e. The van der Waals surface area contributed by atoms with Crippen molar-refractivity contribution in [2.75, 3.05) is 13.7 Å². The Morgan fingerprint density at radius 1 is 1.19 bits per heavy atom. The standard InChI is InChI=1S/C20H32N2O4/c1-10-26-19(25)17-12(2)16(13(3)22(17)9)18(24)14(4)21(8)15(23)11-20(5,6)7/h14H,10-11H2,1-9H3/t14-/m0/s1. The molecule has 1 rings (SSSR count). The zero-order valence-electron chi connectivity index (χ0n) is 17.5. The van der Waals surface area contributed by atoms with E-state index in [1.165, 1.54) is 4.90 Å². The van der Waals surface area contributed by atoms with Crippen molar-refractivity contribution in [1.82, 2.24) is 9.47 Å². The molecule has 0 aliphatic carbocycles. The van der Waals surface area contributed by atoms with Gasteiger partial charge in [-0.25, -0.2) is 4.79 Å². The number of hydrogen-bond acceptors (Lipinski definition) is 4. The Morgan fingerprint density at radius 3 is 2.19 bits per heavy atom. The predicted molar refractivity (Wildman–Crippen MR) is 101 cm³/mol. The third kappa shape index (κ3) is 4.54. The third-order valence-electron chi connectivity index (χ3n) is 4.68. The van der Waals surface area contributed by atoms with Crippen molar-refractivity contribution in [3.8, 4) is 0 Å².